The van der Waals surface area contributed by atoms with Crippen molar-refractivity contribution in [3.63, 3.8) is 0 Å². The molecule has 0 aliphatic carbocycles. The third-order valence-corrected chi connectivity index (χ3v) is 5.23. The lowest BCUT2D eigenvalue weighted by molar-refractivity contribution is 0.0593. The minimum atomic E-state index is -0.584. The minimum Gasteiger partial charge on any atom is -0.464 e. The number of carbonyl (C=O) groups is 1. The highest BCUT2D eigenvalue weighted by atomic mass is 32.2. The van der Waals surface area contributed by atoms with E-state index < -0.39 is 5.97 Å². The van der Waals surface area contributed by atoms with Gasteiger partial charge in [0.2, 0.25) is 0 Å². The first-order valence-electron chi connectivity index (χ1n) is 7.93. The van der Waals surface area contributed by atoms with Gasteiger partial charge in [0.1, 0.15) is 6.07 Å². The number of hydrogen-bond donors (Lipinski definition) is 1. The molecule has 26 heavy (non-hydrogen) atoms. The number of nitrogens with two attached hydrogens (primary N) is 1. The summed E-state index contributed by atoms with van der Waals surface area (Å²) in [6.07, 6.45) is 1.56. The van der Waals surface area contributed by atoms with E-state index in [0.717, 1.165) is 35.2 Å². The fraction of sp³-hybridized carbons (Fsp3) is 0.167. The molecule has 2 aliphatic rings. The number of nitriles is 1. The molecule has 2 aromatic rings. The molecule has 130 valence electrons. The molecule has 0 saturated carbocycles. The van der Waals surface area contributed by atoms with Crippen molar-refractivity contribution < 1.29 is 9.53 Å². The molecule has 4 rings (SSSR count). The van der Waals surface area contributed by atoms with Gasteiger partial charge in [-0.2, -0.15) is 5.26 Å². The number of carbonyl (C=O) groups excluding carboxylic acids is 1. The number of nitrogens with zero attached hydrogens (tertiary/aromatic N) is 4. The maximum Gasteiger partial charge on any atom is 0.357 e. The third-order valence-electron chi connectivity index (χ3n) is 4.33. The van der Waals surface area contributed by atoms with E-state index in [1.807, 2.05) is 30.3 Å². The number of amidine groups is 1. The van der Waals surface area contributed by atoms with Crippen LogP contribution in [0.2, 0.25) is 0 Å². The largest absolute Gasteiger partial charge is 0.464 e. The van der Waals surface area contributed by atoms with Gasteiger partial charge in [0.25, 0.3) is 0 Å². The number of anilines is 1. The Labute approximate surface area is 154 Å². The highest BCUT2D eigenvalue weighted by Crippen LogP contribution is 2.36. The van der Waals surface area contributed by atoms with Crippen LogP contribution in [0.15, 0.2) is 40.9 Å². The number of aliphatic imine (C=N–C) groups is 1. The summed E-state index contributed by atoms with van der Waals surface area (Å²) in [6.45, 7) is 1.66. The highest BCUT2D eigenvalue weighted by Gasteiger charge is 2.27. The summed E-state index contributed by atoms with van der Waals surface area (Å²) >= 11 is 1.61. The van der Waals surface area contributed by atoms with E-state index >= 15 is 0 Å². The van der Waals surface area contributed by atoms with Crippen molar-refractivity contribution in [3.8, 4) is 11.8 Å². The summed E-state index contributed by atoms with van der Waals surface area (Å²) in [5.74, 6) is -0.584. The number of rotatable bonds is 3. The zero-order chi connectivity index (χ0) is 18.3. The second-order valence-corrected chi connectivity index (χ2v) is 6.60. The molecule has 1 aromatic carbocycles. The fourth-order valence-corrected chi connectivity index (χ4v) is 4.04. The molecule has 0 radical (unpaired) electrons. The standard InChI is InChI=1S/C18H15N5O2S/c1-25-17(24)16-15(20)12(8-19)9-23(16)13-4-2-3-11(7-13)14-10-26-18-21-5-6-22(14)18/h2-4,7,9-10H,5-6,20H2,1H3. The summed E-state index contributed by atoms with van der Waals surface area (Å²) < 4.78 is 6.44. The fourth-order valence-electron chi connectivity index (χ4n) is 3.08. The second-order valence-electron chi connectivity index (χ2n) is 5.77. The van der Waals surface area contributed by atoms with Crippen LogP contribution in [-0.2, 0) is 4.74 Å². The SMILES string of the molecule is COC(=O)c1c(N)c(C#N)cn1-c1cccc(C2=CSC3=NCCN23)c1. The molecule has 7 nitrogen and oxygen atoms in total. The van der Waals surface area contributed by atoms with E-state index in [1.165, 1.54) is 7.11 Å². The molecule has 0 fully saturated rings. The van der Waals surface area contributed by atoms with Crippen molar-refractivity contribution >= 4 is 34.3 Å². The van der Waals surface area contributed by atoms with E-state index in [4.69, 9.17) is 10.5 Å². The monoisotopic (exact) mass is 365 g/mol. The predicted octanol–water partition coefficient (Wildman–Crippen LogP) is 2.43. The molecule has 8 heteroatoms. The molecule has 0 amide bonds. The van der Waals surface area contributed by atoms with Crippen LogP contribution in [0, 0.1) is 11.3 Å². The Bertz CT molecular complexity index is 1020. The Hall–Kier alpha value is -3.18. The Morgan fingerprint density at radius 1 is 1.46 bits per heavy atom. The normalized spacial score (nSPS) is 15.3. The van der Waals surface area contributed by atoms with Gasteiger partial charge in [-0.3, -0.25) is 4.99 Å². The van der Waals surface area contributed by atoms with Crippen LogP contribution in [0.1, 0.15) is 21.6 Å². The van der Waals surface area contributed by atoms with E-state index in [2.05, 4.69) is 15.3 Å². The van der Waals surface area contributed by atoms with Crippen molar-refractivity contribution in [2.24, 2.45) is 4.99 Å². The van der Waals surface area contributed by atoms with Crippen molar-refractivity contribution in [2.75, 3.05) is 25.9 Å². The zero-order valence-corrected chi connectivity index (χ0v) is 14.8. The lowest BCUT2D eigenvalue weighted by Crippen LogP contribution is -2.20. The lowest BCUT2D eigenvalue weighted by Gasteiger charge is -2.17. The molecule has 2 N–H and O–H groups in total. The number of ether oxygens (including phenoxy) is 1. The van der Waals surface area contributed by atoms with Gasteiger partial charge in [-0.15, -0.1) is 0 Å². The third kappa shape index (κ3) is 2.45. The summed E-state index contributed by atoms with van der Waals surface area (Å²) in [4.78, 5) is 18.8. The zero-order valence-electron chi connectivity index (χ0n) is 14.0. The van der Waals surface area contributed by atoms with Crippen LogP contribution >= 0.6 is 11.8 Å². The van der Waals surface area contributed by atoms with Gasteiger partial charge in [0.05, 0.1) is 30.6 Å². The number of thioether (sulfide) groups is 1. The van der Waals surface area contributed by atoms with Gasteiger partial charge in [0, 0.05) is 29.4 Å². The van der Waals surface area contributed by atoms with Crippen molar-refractivity contribution in [1.29, 1.82) is 5.26 Å². The summed E-state index contributed by atoms with van der Waals surface area (Å²) in [6, 6.07) is 9.75. The molecular formula is C18H15N5O2S. The van der Waals surface area contributed by atoms with Crippen LogP contribution in [0.25, 0.3) is 11.4 Å². The summed E-state index contributed by atoms with van der Waals surface area (Å²) in [5.41, 5.74) is 9.29. The van der Waals surface area contributed by atoms with Gasteiger partial charge in [0.15, 0.2) is 10.9 Å². The molecule has 0 saturated heterocycles. The van der Waals surface area contributed by atoms with Gasteiger partial charge >= 0.3 is 5.97 Å². The van der Waals surface area contributed by atoms with Crippen molar-refractivity contribution in [1.82, 2.24) is 9.47 Å². The van der Waals surface area contributed by atoms with Gasteiger partial charge < -0.3 is 19.9 Å². The highest BCUT2D eigenvalue weighted by molar-refractivity contribution is 8.16. The maximum absolute atomic E-state index is 12.2. The number of hydrogen-bond acceptors (Lipinski definition) is 7. The molecular weight excluding hydrogens is 350 g/mol. The molecule has 1 aromatic heterocycles. The van der Waals surface area contributed by atoms with Crippen LogP contribution < -0.4 is 5.73 Å². The molecule has 0 atom stereocenters. The smallest absolute Gasteiger partial charge is 0.357 e. The molecule has 3 heterocycles. The van der Waals surface area contributed by atoms with E-state index in [1.54, 1.807) is 22.5 Å². The van der Waals surface area contributed by atoms with Crippen molar-refractivity contribution in [3.05, 3.63) is 52.7 Å². The average Bonchev–Trinajstić information content (AvgIpc) is 3.35. The Morgan fingerprint density at radius 2 is 2.31 bits per heavy atom. The number of nitrogen functional groups attached to an aromatic ring is 1. The summed E-state index contributed by atoms with van der Waals surface area (Å²) in [5, 5.41) is 12.3. The van der Waals surface area contributed by atoms with Crippen LogP contribution in [0.4, 0.5) is 5.69 Å². The number of esters is 1. The molecule has 2 aliphatic heterocycles. The number of methoxy groups -OCH3 is 1. The van der Waals surface area contributed by atoms with Gasteiger partial charge in [-0.1, -0.05) is 23.9 Å². The van der Waals surface area contributed by atoms with Crippen LogP contribution in [0.3, 0.4) is 0 Å². The van der Waals surface area contributed by atoms with Crippen molar-refractivity contribution in [2.45, 2.75) is 0 Å². The number of benzene rings is 1. The minimum absolute atomic E-state index is 0.120. The van der Waals surface area contributed by atoms with Crippen LogP contribution in [-0.4, -0.2) is 40.8 Å². The first kappa shape index (κ1) is 16.3. The predicted molar refractivity (Wildman–Crippen MR) is 101 cm³/mol. The molecule has 0 spiro atoms. The quantitative estimate of drug-likeness (QED) is 0.839. The Morgan fingerprint density at radius 3 is 3.08 bits per heavy atom. The first-order valence-corrected chi connectivity index (χ1v) is 8.81. The van der Waals surface area contributed by atoms with Gasteiger partial charge in [-0.05, 0) is 12.1 Å². The van der Waals surface area contributed by atoms with E-state index in [-0.39, 0.29) is 16.9 Å². The lowest BCUT2D eigenvalue weighted by atomic mass is 10.1. The van der Waals surface area contributed by atoms with Gasteiger partial charge in [-0.25, -0.2) is 4.79 Å². The topological polar surface area (TPSA) is 96.6 Å². The summed E-state index contributed by atoms with van der Waals surface area (Å²) in [7, 11) is 1.29. The van der Waals surface area contributed by atoms with E-state index in [9.17, 15) is 10.1 Å². The second kappa shape index (κ2) is 6.28. The Kier molecular flexibility index (Phi) is 3.93. The maximum atomic E-state index is 12.2. The average molecular weight is 365 g/mol. The van der Waals surface area contributed by atoms with E-state index in [0.29, 0.717) is 0 Å². The molecule has 0 bridgehead atoms. The first-order chi connectivity index (χ1) is 12.6. The Balaban J connectivity index is 1.80. The number of fused-ring (bicyclic) bond motifs is 1. The van der Waals surface area contributed by atoms with Crippen LogP contribution in [0.5, 0.6) is 0 Å². The molecule has 0 unspecified atom stereocenters. The number of aromatic nitrogens is 1.